The molecule has 0 bridgehead atoms. The second-order valence-electron chi connectivity index (χ2n) is 3.87. The topological polar surface area (TPSA) is 142 Å². The average Bonchev–Trinajstić information content (AvgIpc) is 2.24. The van der Waals surface area contributed by atoms with Crippen molar-refractivity contribution in [3.05, 3.63) is 0 Å². The molecule has 0 aromatic heterocycles. The molecule has 8 nitrogen and oxygen atoms in total. The summed E-state index contributed by atoms with van der Waals surface area (Å²) in [5, 5.41) is 28.4. The van der Waals surface area contributed by atoms with Gasteiger partial charge in [-0.1, -0.05) is 7.60 Å². The van der Waals surface area contributed by atoms with Crippen molar-refractivity contribution in [1.29, 1.82) is 0 Å². The van der Waals surface area contributed by atoms with Crippen molar-refractivity contribution in [2.45, 2.75) is 37.1 Å². The van der Waals surface area contributed by atoms with Crippen molar-refractivity contribution in [2.24, 2.45) is 0 Å². The smallest absolute Gasteiger partial charge is 0.811 e. The van der Waals surface area contributed by atoms with Gasteiger partial charge in [0.05, 0.1) is 6.10 Å². The zero-order chi connectivity index (χ0) is 13.2. The van der Waals surface area contributed by atoms with Crippen LogP contribution in [0, 0.1) is 0 Å². The van der Waals surface area contributed by atoms with E-state index in [2.05, 4.69) is 0 Å². The zero-order valence-electron chi connectivity index (χ0n) is 11.1. The van der Waals surface area contributed by atoms with Crippen LogP contribution in [-0.2, 0) is 14.0 Å². The molecular weight excluding hydrogens is 269 g/mol. The normalized spacial score (nSPS) is 35.2. The molecule has 1 heterocycles. The van der Waals surface area contributed by atoms with E-state index in [1.807, 2.05) is 0 Å². The van der Waals surface area contributed by atoms with Crippen molar-refractivity contribution in [3.8, 4) is 0 Å². The van der Waals surface area contributed by atoms with E-state index >= 15 is 0 Å². The Balaban J connectivity index is 0. The number of methoxy groups -OCH3 is 1. The van der Waals surface area contributed by atoms with Gasteiger partial charge in [0.15, 0.2) is 6.29 Å². The Morgan fingerprint density at radius 3 is 2.11 bits per heavy atom. The Hall–Kier alpha value is 1.14. The van der Waals surface area contributed by atoms with Crippen LogP contribution in [-0.4, -0.2) is 59.3 Å². The first kappa shape index (κ1) is 22.4. The minimum atomic E-state index is -4.70. The van der Waals surface area contributed by atoms with Crippen LogP contribution in [0.3, 0.4) is 0 Å². The predicted molar refractivity (Wildman–Crippen MR) is 50.8 cm³/mol. The Kier molecular flexibility index (Phi) is 10.9. The van der Waals surface area contributed by atoms with Crippen LogP contribution in [0.5, 0.6) is 0 Å². The Labute approximate surface area is 135 Å². The summed E-state index contributed by atoms with van der Waals surface area (Å²) in [6, 6.07) is 0. The number of hydrogen-bond donors (Lipinski definition) is 3. The second-order valence-corrected chi connectivity index (χ2v) is 5.54. The van der Waals surface area contributed by atoms with Crippen molar-refractivity contribution >= 4 is 7.60 Å². The summed E-state index contributed by atoms with van der Waals surface area (Å²) >= 11 is 0. The SMILES string of the molecule is CO[C@H]1O[C@H](CCP(=O)([O-])[O-])[C@@H](O)[C@H](O)[C@H]1O.[Li+].[Li+]. The van der Waals surface area contributed by atoms with Crippen molar-refractivity contribution < 1.29 is 76.9 Å². The van der Waals surface area contributed by atoms with E-state index in [4.69, 9.17) is 9.47 Å². The minimum Gasteiger partial charge on any atom is -0.811 e. The van der Waals surface area contributed by atoms with Gasteiger partial charge in [0, 0.05) is 7.11 Å². The zero-order valence-corrected chi connectivity index (χ0v) is 12.0. The second kappa shape index (κ2) is 9.22. The fourth-order valence-corrected chi connectivity index (χ4v) is 2.21. The van der Waals surface area contributed by atoms with E-state index in [-0.39, 0.29) is 44.1 Å². The molecule has 0 saturated carbocycles. The van der Waals surface area contributed by atoms with E-state index in [0.29, 0.717) is 0 Å². The van der Waals surface area contributed by atoms with Crippen molar-refractivity contribution in [2.75, 3.05) is 13.3 Å². The maximum atomic E-state index is 10.5. The van der Waals surface area contributed by atoms with E-state index < -0.39 is 44.5 Å². The maximum Gasteiger partial charge on any atom is 1.00 e. The van der Waals surface area contributed by atoms with Gasteiger partial charge in [-0.3, -0.25) is 0 Å². The van der Waals surface area contributed by atoms with Gasteiger partial charge in [0.25, 0.3) is 0 Å². The number of aliphatic hydroxyl groups excluding tert-OH is 3. The first-order chi connectivity index (χ1) is 7.76. The van der Waals surface area contributed by atoms with Crippen LogP contribution < -0.4 is 47.5 Å². The molecule has 1 fully saturated rings. The standard InChI is InChI=1S/C8H17O8P.2Li/c1-15-8-7(11)6(10)5(9)4(16-8)2-3-17(12,13)14;;/h4-11H,2-3H2,1H3,(H2,12,13,14);;/q;2*+1/p-2/t4-,5-,6+,7-,8+;;/m1../s1. The number of rotatable bonds is 4. The number of ether oxygens (including phenoxy) is 2. The van der Waals surface area contributed by atoms with Crippen LogP contribution in [0.2, 0.25) is 0 Å². The Morgan fingerprint density at radius 1 is 1.16 bits per heavy atom. The fraction of sp³-hybridized carbons (Fsp3) is 1.00. The summed E-state index contributed by atoms with van der Waals surface area (Å²) in [6.45, 7) is 0. The molecule has 1 aliphatic rings. The van der Waals surface area contributed by atoms with E-state index in [1.54, 1.807) is 0 Å². The van der Waals surface area contributed by atoms with E-state index in [1.165, 1.54) is 7.11 Å². The van der Waals surface area contributed by atoms with Gasteiger partial charge in [-0.15, -0.1) is 0 Å². The summed E-state index contributed by atoms with van der Waals surface area (Å²) in [6.07, 6.45) is -7.63. The molecule has 0 unspecified atom stereocenters. The van der Waals surface area contributed by atoms with Crippen LogP contribution in [0.1, 0.15) is 6.42 Å². The fourth-order valence-electron chi connectivity index (χ4n) is 1.64. The molecule has 0 amide bonds. The average molecular weight is 284 g/mol. The van der Waals surface area contributed by atoms with Crippen LogP contribution in [0.15, 0.2) is 0 Å². The van der Waals surface area contributed by atoms with Crippen LogP contribution >= 0.6 is 7.60 Å². The maximum absolute atomic E-state index is 10.5. The van der Waals surface area contributed by atoms with Gasteiger partial charge >= 0.3 is 37.7 Å². The molecule has 1 saturated heterocycles. The third-order valence-electron chi connectivity index (χ3n) is 2.59. The van der Waals surface area contributed by atoms with Gasteiger partial charge in [-0.05, 0) is 12.6 Å². The third-order valence-corrected chi connectivity index (χ3v) is 3.39. The molecule has 3 N–H and O–H groups in total. The van der Waals surface area contributed by atoms with Gasteiger partial charge in [-0.25, -0.2) is 0 Å². The van der Waals surface area contributed by atoms with Gasteiger partial charge in [0.1, 0.15) is 18.3 Å². The molecule has 5 atom stereocenters. The summed E-state index contributed by atoms with van der Waals surface area (Å²) < 4.78 is 20.2. The summed E-state index contributed by atoms with van der Waals surface area (Å²) in [5.41, 5.74) is 0. The minimum absolute atomic E-state index is 0. The summed E-state index contributed by atoms with van der Waals surface area (Å²) in [7, 11) is -3.47. The Bertz CT molecular complexity index is 298. The number of aliphatic hydroxyl groups is 3. The molecule has 0 aromatic rings. The molecular formula is C8H15Li2O8P. The first-order valence-electron chi connectivity index (χ1n) is 5.00. The summed E-state index contributed by atoms with van der Waals surface area (Å²) in [4.78, 5) is 20.9. The monoisotopic (exact) mass is 284 g/mol. The van der Waals surface area contributed by atoms with Crippen LogP contribution in [0.25, 0.3) is 0 Å². The quantitative estimate of drug-likeness (QED) is 0.341. The molecule has 0 aromatic carbocycles. The van der Waals surface area contributed by atoms with E-state index in [9.17, 15) is 29.7 Å². The Morgan fingerprint density at radius 2 is 1.68 bits per heavy atom. The largest absolute Gasteiger partial charge is 1.00 e. The molecule has 0 radical (unpaired) electrons. The molecule has 0 spiro atoms. The molecule has 102 valence electrons. The molecule has 11 heteroatoms. The summed E-state index contributed by atoms with van der Waals surface area (Å²) in [5.74, 6) is 0. The molecule has 19 heavy (non-hydrogen) atoms. The van der Waals surface area contributed by atoms with Gasteiger partial charge in [-0.2, -0.15) is 0 Å². The molecule has 0 aliphatic carbocycles. The van der Waals surface area contributed by atoms with Crippen molar-refractivity contribution in [3.63, 3.8) is 0 Å². The van der Waals surface area contributed by atoms with Gasteiger partial charge in [0.2, 0.25) is 0 Å². The predicted octanol–water partition coefficient (Wildman–Crippen LogP) is -9.25. The number of hydrogen-bond acceptors (Lipinski definition) is 8. The van der Waals surface area contributed by atoms with Crippen LogP contribution in [0.4, 0.5) is 0 Å². The first-order valence-corrected chi connectivity index (χ1v) is 6.72. The molecule has 1 rings (SSSR count). The van der Waals surface area contributed by atoms with E-state index in [0.717, 1.165) is 0 Å². The third kappa shape index (κ3) is 6.63. The van der Waals surface area contributed by atoms with Gasteiger partial charge < -0.3 is 39.1 Å². The molecule has 1 aliphatic heterocycles. The van der Waals surface area contributed by atoms with Crippen molar-refractivity contribution in [1.82, 2.24) is 0 Å².